The molecule has 1 aromatic carbocycles. The van der Waals surface area contributed by atoms with E-state index in [-0.39, 0.29) is 11.5 Å². The third kappa shape index (κ3) is 4.48. The van der Waals surface area contributed by atoms with E-state index in [9.17, 15) is 18.0 Å². The molecular weight excluding hydrogens is 421 g/mol. The number of benzene rings is 1. The number of carbonyl (C=O) groups is 1. The number of nitrogens with one attached hydrogen (secondary N) is 1. The van der Waals surface area contributed by atoms with Crippen molar-refractivity contribution in [1.82, 2.24) is 24.7 Å². The molecule has 0 spiro atoms. The third-order valence-electron chi connectivity index (χ3n) is 4.83. The van der Waals surface area contributed by atoms with Crippen LogP contribution in [-0.2, 0) is 0 Å². The number of carbonyl (C=O) groups excluding carboxylic acids is 1. The van der Waals surface area contributed by atoms with E-state index in [2.05, 4.69) is 25.5 Å². The van der Waals surface area contributed by atoms with E-state index in [1.807, 2.05) is 6.07 Å². The summed E-state index contributed by atoms with van der Waals surface area (Å²) in [6, 6.07) is 11.6. The van der Waals surface area contributed by atoms with Crippen LogP contribution in [0, 0.1) is 0 Å². The zero-order valence-electron chi connectivity index (χ0n) is 16.8. The Balaban J connectivity index is 1.57. The average Bonchev–Trinajstić information content (AvgIpc) is 3.28. The van der Waals surface area contributed by atoms with Crippen molar-refractivity contribution >= 4 is 11.6 Å². The second-order valence-electron chi connectivity index (χ2n) is 6.99. The number of hydrogen-bond donors (Lipinski definition) is 1. The van der Waals surface area contributed by atoms with Gasteiger partial charge in [-0.3, -0.25) is 14.8 Å². The number of hydrogen-bond acceptors (Lipinski definition) is 5. The maximum absolute atomic E-state index is 13.2. The Morgan fingerprint density at radius 1 is 1.03 bits per heavy atom. The summed E-state index contributed by atoms with van der Waals surface area (Å²) in [5, 5.41) is 10.2. The lowest BCUT2D eigenvalue weighted by Crippen LogP contribution is -2.24. The lowest BCUT2D eigenvalue weighted by molar-refractivity contribution is -0.162. The molecule has 1 amide bonds. The Hall–Kier alpha value is -4.08. The summed E-state index contributed by atoms with van der Waals surface area (Å²) < 4.78 is 40.4. The van der Waals surface area contributed by atoms with Gasteiger partial charge in [0.1, 0.15) is 18.1 Å². The Labute approximate surface area is 181 Å². The molecule has 0 aliphatic rings. The fraction of sp³-hybridized carbons (Fsp3) is 0.136. The van der Waals surface area contributed by atoms with Crippen molar-refractivity contribution < 1.29 is 18.0 Å². The molecule has 3 aromatic heterocycles. The summed E-state index contributed by atoms with van der Waals surface area (Å²) in [5.74, 6) is -0.416. The van der Waals surface area contributed by atoms with Gasteiger partial charge in [0.2, 0.25) is 0 Å². The second kappa shape index (κ2) is 8.58. The first-order valence-electron chi connectivity index (χ1n) is 9.57. The highest BCUT2D eigenvalue weighted by Crippen LogP contribution is 2.33. The molecule has 32 heavy (non-hydrogen) atoms. The Morgan fingerprint density at radius 3 is 2.59 bits per heavy atom. The maximum Gasteiger partial charge on any atom is 0.408 e. The van der Waals surface area contributed by atoms with Crippen molar-refractivity contribution in [1.29, 1.82) is 0 Å². The van der Waals surface area contributed by atoms with Gasteiger partial charge in [0, 0.05) is 35.4 Å². The van der Waals surface area contributed by atoms with Crippen LogP contribution in [0.5, 0.6) is 0 Å². The summed E-state index contributed by atoms with van der Waals surface area (Å²) >= 11 is 0. The summed E-state index contributed by atoms with van der Waals surface area (Å²) in [5.41, 5.74) is 2.57. The van der Waals surface area contributed by atoms with Crippen LogP contribution in [0.4, 0.5) is 18.9 Å². The minimum absolute atomic E-state index is 0.0441. The highest BCUT2D eigenvalue weighted by molar-refractivity contribution is 6.03. The van der Waals surface area contributed by atoms with E-state index in [1.165, 1.54) is 12.3 Å². The Morgan fingerprint density at radius 2 is 1.84 bits per heavy atom. The molecule has 4 aromatic rings. The maximum atomic E-state index is 13.2. The second-order valence-corrected chi connectivity index (χ2v) is 6.99. The smallest absolute Gasteiger partial charge is 0.321 e. The normalized spacial score (nSPS) is 12.4. The van der Waals surface area contributed by atoms with Crippen LogP contribution in [-0.4, -0.2) is 36.8 Å². The largest absolute Gasteiger partial charge is 0.408 e. The molecule has 0 aliphatic carbocycles. The number of anilines is 1. The van der Waals surface area contributed by atoms with Gasteiger partial charge in [-0.25, -0.2) is 0 Å². The molecular formula is C22H17F3N6O. The monoisotopic (exact) mass is 438 g/mol. The van der Waals surface area contributed by atoms with Gasteiger partial charge in [-0.15, -0.1) is 10.2 Å². The SMILES string of the molecule is CC(n1cnnc1-c1cccc(NC(=O)c2cc(-c3cccnc3)ccn2)c1)C(F)(F)F. The van der Waals surface area contributed by atoms with Gasteiger partial charge in [-0.1, -0.05) is 18.2 Å². The highest BCUT2D eigenvalue weighted by Gasteiger charge is 2.38. The van der Waals surface area contributed by atoms with Crippen LogP contribution >= 0.6 is 0 Å². The van der Waals surface area contributed by atoms with Crippen molar-refractivity contribution in [2.45, 2.75) is 19.1 Å². The first-order valence-corrected chi connectivity index (χ1v) is 9.57. The van der Waals surface area contributed by atoms with Crippen LogP contribution in [0.2, 0.25) is 0 Å². The molecule has 162 valence electrons. The van der Waals surface area contributed by atoms with Gasteiger partial charge < -0.3 is 9.88 Å². The van der Waals surface area contributed by atoms with Gasteiger partial charge in [-0.05, 0) is 42.8 Å². The predicted molar refractivity (Wildman–Crippen MR) is 112 cm³/mol. The topological polar surface area (TPSA) is 85.6 Å². The van der Waals surface area contributed by atoms with Crippen LogP contribution in [0.3, 0.4) is 0 Å². The molecule has 1 atom stereocenters. The molecule has 0 saturated carbocycles. The summed E-state index contributed by atoms with van der Waals surface area (Å²) in [4.78, 5) is 20.9. The fourth-order valence-electron chi connectivity index (χ4n) is 3.09. The Kier molecular flexibility index (Phi) is 5.67. The van der Waals surface area contributed by atoms with Crippen molar-refractivity contribution in [3.05, 3.63) is 79.1 Å². The molecule has 1 N–H and O–H groups in total. The molecule has 7 nitrogen and oxygen atoms in total. The van der Waals surface area contributed by atoms with Crippen molar-refractivity contribution in [2.24, 2.45) is 0 Å². The molecule has 0 radical (unpaired) electrons. The van der Waals surface area contributed by atoms with Crippen molar-refractivity contribution in [2.75, 3.05) is 5.32 Å². The predicted octanol–water partition coefficient (Wildman–Crippen LogP) is 4.78. The molecule has 0 aliphatic heterocycles. The van der Waals surface area contributed by atoms with Crippen LogP contribution < -0.4 is 5.32 Å². The average molecular weight is 438 g/mol. The third-order valence-corrected chi connectivity index (χ3v) is 4.83. The molecule has 1 unspecified atom stereocenters. The van der Waals surface area contributed by atoms with E-state index in [0.717, 1.165) is 28.9 Å². The molecule has 0 bridgehead atoms. The number of amides is 1. The van der Waals surface area contributed by atoms with Gasteiger partial charge in [0.15, 0.2) is 5.82 Å². The van der Waals surface area contributed by atoms with E-state index in [4.69, 9.17) is 0 Å². The zero-order chi connectivity index (χ0) is 22.7. The molecule has 0 fully saturated rings. The number of nitrogens with zero attached hydrogens (tertiary/aromatic N) is 5. The number of halogens is 3. The zero-order valence-corrected chi connectivity index (χ0v) is 16.8. The van der Waals surface area contributed by atoms with Gasteiger partial charge in [0.05, 0.1) is 0 Å². The van der Waals surface area contributed by atoms with Crippen molar-refractivity contribution in [3.63, 3.8) is 0 Å². The number of pyridine rings is 2. The van der Waals surface area contributed by atoms with Crippen LogP contribution in [0.15, 0.2) is 73.4 Å². The van der Waals surface area contributed by atoms with Crippen LogP contribution in [0.25, 0.3) is 22.5 Å². The van der Waals surface area contributed by atoms with E-state index >= 15 is 0 Å². The standard InChI is InChI=1S/C22H17F3N6O/c1-14(22(23,24)25)31-13-28-30-20(31)16-4-2-6-18(10-16)29-21(32)19-11-15(7-9-27-19)17-5-3-8-26-12-17/h2-14H,1H3,(H,29,32). The summed E-state index contributed by atoms with van der Waals surface area (Å²) in [6.45, 7) is 1.03. The lowest BCUT2D eigenvalue weighted by Gasteiger charge is -2.18. The number of aromatic nitrogens is 5. The van der Waals surface area contributed by atoms with Gasteiger partial charge >= 0.3 is 6.18 Å². The molecule has 4 rings (SSSR count). The van der Waals surface area contributed by atoms with Gasteiger partial charge in [0.25, 0.3) is 5.91 Å². The van der Waals surface area contributed by atoms with E-state index in [1.54, 1.807) is 48.8 Å². The van der Waals surface area contributed by atoms with Crippen molar-refractivity contribution in [3.8, 4) is 22.5 Å². The molecule has 0 saturated heterocycles. The highest BCUT2D eigenvalue weighted by atomic mass is 19.4. The minimum Gasteiger partial charge on any atom is -0.321 e. The summed E-state index contributed by atoms with van der Waals surface area (Å²) in [6.07, 6.45) is 1.44. The lowest BCUT2D eigenvalue weighted by atomic mass is 10.1. The number of rotatable bonds is 5. The molecule has 10 heteroatoms. The van der Waals surface area contributed by atoms with E-state index < -0.39 is 18.1 Å². The quantitative estimate of drug-likeness (QED) is 0.485. The van der Waals surface area contributed by atoms with E-state index in [0.29, 0.717) is 11.3 Å². The first-order chi connectivity index (χ1) is 15.3. The fourth-order valence-corrected chi connectivity index (χ4v) is 3.09. The number of alkyl halides is 3. The molecule has 3 heterocycles. The van der Waals surface area contributed by atoms with Gasteiger partial charge in [-0.2, -0.15) is 13.2 Å². The first kappa shape index (κ1) is 21.2. The van der Waals surface area contributed by atoms with Crippen LogP contribution in [0.1, 0.15) is 23.5 Å². The minimum atomic E-state index is -4.45. The Bertz CT molecular complexity index is 1240. The summed E-state index contributed by atoms with van der Waals surface area (Å²) in [7, 11) is 0.